The Morgan fingerprint density at radius 2 is 1.82 bits per heavy atom. The van der Waals surface area contributed by atoms with Crippen LogP contribution in [0.4, 0.5) is 11.4 Å². The number of methoxy groups -OCH3 is 2. The third kappa shape index (κ3) is 3.34. The van der Waals surface area contributed by atoms with Crippen LogP contribution in [0.3, 0.4) is 0 Å². The molecule has 5 rings (SSSR count). The Balaban J connectivity index is 1.61. The van der Waals surface area contributed by atoms with E-state index in [1.165, 1.54) is 18.9 Å². The number of thioether (sulfide) groups is 1. The molecule has 168 valence electrons. The number of hydrogen-bond donors (Lipinski definition) is 0. The highest BCUT2D eigenvalue weighted by molar-refractivity contribution is 8.02. The second-order valence-electron chi connectivity index (χ2n) is 7.74. The predicted octanol–water partition coefficient (Wildman–Crippen LogP) is 4.84. The number of benzene rings is 3. The molecule has 2 aliphatic heterocycles. The van der Waals surface area contributed by atoms with E-state index < -0.39 is 4.87 Å². The minimum Gasteiger partial charge on any atom is -0.497 e. The van der Waals surface area contributed by atoms with Gasteiger partial charge in [0.2, 0.25) is 10.8 Å². The monoisotopic (exact) mass is 480 g/mol. The summed E-state index contributed by atoms with van der Waals surface area (Å²) in [6.45, 7) is 0.362. The first-order valence-corrected chi connectivity index (χ1v) is 11.7. The number of fused-ring (bicyclic) bond motifs is 2. The molecular weight excluding hydrogens is 460 g/mol. The number of halogens is 1. The van der Waals surface area contributed by atoms with E-state index in [9.17, 15) is 9.59 Å². The van der Waals surface area contributed by atoms with E-state index in [2.05, 4.69) is 0 Å². The summed E-state index contributed by atoms with van der Waals surface area (Å²) in [4.78, 5) is 29.4. The van der Waals surface area contributed by atoms with Crippen molar-refractivity contribution in [3.8, 4) is 11.5 Å². The molecule has 1 fully saturated rings. The molecule has 6 nitrogen and oxygen atoms in total. The van der Waals surface area contributed by atoms with Crippen LogP contribution in [0, 0.1) is 0 Å². The number of para-hydroxylation sites is 1. The lowest BCUT2D eigenvalue weighted by molar-refractivity contribution is -0.123. The summed E-state index contributed by atoms with van der Waals surface area (Å²) < 4.78 is 10.6. The minimum absolute atomic E-state index is 0.146. The molecule has 1 saturated heterocycles. The average molecular weight is 481 g/mol. The van der Waals surface area contributed by atoms with Crippen molar-refractivity contribution < 1.29 is 19.1 Å². The van der Waals surface area contributed by atoms with Crippen molar-refractivity contribution in [2.75, 3.05) is 29.8 Å². The smallest absolute Gasteiger partial charge is 0.269 e. The van der Waals surface area contributed by atoms with E-state index in [1.54, 1.807) is 35.1 Å². The Bertz CT molecular complexity index is 1270. The fourth-order valence-corrected chi connectivity index (χ4v) is 6.07. The van der Waals surface area contributed by atoms with Crippen molar-refractivity contribution in [2.45, 2.75) is 11.4 Å². The van der Waals surface area contributed by atoms with Gasteiger partial charge in [-0.15, -0.1) is 11.8 Å². The third-order valence-corrected chi connectivity index (χ3v) is 7.61. The maximum Gasteiger partial charge on any atom is 0.269 e. The molecule has 1 spiro atoms. The lowest BCUT2D eigenvalue weighted by Crippen LogP contribution is -2.49. The van der Waals surface area contributed by atoms with Gasteiger partial charge in [-0.25, -0.2) is 0 Å². The summed E-state index contributed by atoms with van der Waals surface area (Å²) in [6, 6.07) is 20.4. The molecule has 2 heterocycles. The lowest BCUT2D eigenvalue weighted by atomic mass is 10.0. The number of nitrogens with zero attached hydrogens (tertiary/aromatic N) is 2. The Kier molecular flexibility index (Phi) is 5.46. The molecule has 8 heteroatoms. The van der Waals surface area contributed by atoms with Gasteiger partial charge < -0.3 is 14.4 Å². The largest absolute Gasteiger partial charge is 0.497 e. The summed E-state index contributed by atoms with van der Waals surface area (Å²) in [5, 5.41) is 0.377. The zero-order chi connectivity index (χ0) is 23.2. The van der Waals surface area contributed by atoms with E-state index in [0.717, 1.165) is 22.6 Å². The van der Waals surface area contributed by atoms with Crippen LogP contribution in [0.1, 0.15) is 11.1 Å². The van der Waals surface area contributed by atoms with Crippen LogP contribution < -0.4 is 19.3 Å². The summed E-state index contributed by atoms with van der Waals surface area (Å²) >= 11 is 7.71. The van der Waals surface area contributed by atoms with E-state index in [-0.39, 0.29) is 17.6 Å². The van der Waals surface area contributed by atoms with Crippen LogP contribution in [0.15, 0.2) is 66.7 Å². The Hall–Kier alpha value is -3.16. The number of carbonyl (C=O) groups is 2. The summed E-state index contributed by atoms with van der Waals surface area (Å²) in [7, 11) is 3.15. The number of hydrogen-bond acceptors (Lipinski definition) is 5. The maximum atomic E-state index is 14.1. The van der Waals surface area contributed by atoms with Crippen molar-refractivity contribution in [2.24, 2.45) is 0 Å². The number of ether oxygens (including phenoxy) is 2. The van der Waals surface area contributed by atoms with Crippen molar-refractivity contribution in [3.63, 3.8) is 0 Å². The molecule has 0 radical (unpaired) electrons. The van der Waals surface area contributed by atoms with Crippen LogP contribution in [-0.4, -0.2) is 31.8 Å². The highest BCUT2D eigenvalue weighted by Gasteiger charge is 2.60. The van der Waals surface area contributed by atoms with Crippen molar-refractivity contribution in [1.82, 2.24) is 0 Å². The second-order valence-corrected chi connectivity index (χ2v) is 9.32. The quantitative estimate of drug-likeness (QED) is 0.523. The molecule has 2 aliphatic rings. The standard InChI is InChI=1S/C25H21ClN2O4S/c1-31-18-7-5-6-16(12-18)14-27-21-9-4-3-8-19(21)25(24(27)30)28(23(29)15-33-25)17-10-11-22(32-2)20(26)13-17/h3-13H,14-15H2,1-2H3/t25-/m0/s1. The number of rotatable bonds is 5. The molecule has 0 saturated carbocycles. The molecule has 3 aromatic rings. The zero-order valence-corrected chi connectivity index (χ0v) is 19.7. The van der Waals surface area contributed by atoms with Crippen LogP contribution in [0.2, 0.25) is 5.02 Å². The molecule has 0 unspecified atom stereocenters. The van der Waals surface area contributed by atoms with Crippen LogP contribution >= 0.6 is 23.4 Å². The zero-order valence-electron chi connectivity index (χ0n) is 18.1. The molecule has 0 N–H and O–H groups in total. The van der Waals surface area contributed by atoms with E-state index in [1.807, 2.05) is 48.5 Å². The Labute approximate surface area is 201 Å². The van der Waals surface area contributed by atoms with Crippen molar-refractivity contribution >= 4 is 46.6 Å². The van der Waals surface area contributed by atoms with Gasteiger partial charge in [0.25, 0.3) is 5.91 Å². The molecule has 1 atom stereocenters. The van der Waals surface area contributed by atoms with Gasteiger partial charge in [-0.2, -0.15) is 0 Å². The number of carbonyl (C=O) groups excluding carboxylic acids is 2. The van der Waals surface area contributed by atoms with Gasteiger partial charge in [-0.3, -0.25) is 14.5 Å². The first-order chi connectivity index (χ1) is 16.0. The van der Waals surface area contributed by atoms with Crippen LogP contribution in [-0.2, 0) is 21.0 Å². The van der Waals surface area contributed by atoms with Gasteiger partial charge in [0.1, 0.15) is 11.5 Å². The molecular formula is C25H21ClN2O4S. The third-order valence-electron chi connectivity index (χ3n) is 5.93. The first-order valence-electron chi connectivity index (χ1n) is 10.3. The van der Waals surface area contributed by atoms with Crippen LogP contribution in [0.25, 0.3) is 0 Å². The highest BCUT2D eigenvalue weighted by Crippen LogP contribution is 2.56. The SMILES string of the molecule is COc1cccc(CN2C(=O)[C@@]3(SCC(=O)N3c3ccc(OC)c(Cl)c3)c3ccccc32)c1. The van der Waals surface area contributed by atoms with Gasteiger partial charge in [-0.05, 0) is 42.0 Å². The Morgan fingerprint density at radius 3 is 2.58 bits per heavy atom. The first kappa shape index (κ1) is 21.7. The predicted molar refractivity (Wildman–Crippen MR) is 130 cm³/mol. The lowest BCUT2D eigenvalue weighted by Gasteiger charge is -2.33. The van der Waals surface area contributed by atoms with Crippen LogP contribution in [0.5, 0.6) is 11.5 Å². The molecule has 2 amide bonds. The molecule has 33 heavy (non-hydrogen) atoms. The summed E-state index contributed by atoms with van der Waals surface area (Å²) in [5.41, 5.74) is 3.07. The molecule has 3 aromatic carbocycles. The van der Waals surface area contributed by atoms with Crippen molar-refractivity contribution in [3.05, 3.63) is 82.9 Å². The summed E-state index contributed by atoms with van der Waals surface area (Å²) in [6.07, 6.45) is 0. The van der Waals surface area contributed by atoms with Crippen molar-refractivity contribution in [1.29, 1.82) is 0 Å². The molecule has 0 aromatic heterocycles. The number of amides is 2. The van der Waals surface area contributed by atoms with Gasteiger partial charge in [0.05, 0.1) is 37.2 Å². The highest BCUT2D eigenvalue weighted by atomic mass is 35.5. The molecule has 0 bridgehead atoms. The van der Waals surface area contributed by atoms with Gasteiger partial charge >= 0.3 is 0 Å². The second kappa shape index (κ2) is 8.32. The molecule has 0 aliphatic carbocycles. The summed E-state index contributed by atoms with van der Waals surface area (Å²) in [5.74, 6) is 1.12. The van der Waals surface area contributed by atoms with Gasteiger partial charge in [0, 0.05) is 11.3 Å². The van der Waals surface area contributed by atoms with E-state index >= 15 is 0 Å². The fourth-order valence-electron chi connectivity index (χ4n) is 4.46. The van der Waals surface area contributed by atoms with Gasteiger partial charge in [-0.1, -0.05) is 41.9 Å². The number of anilines is 2. The van der Waals surface area contributed by atoms with E-state index in [4.69, 9.17) is 21.1 Å². The fraction of sp³-hybridized carbons (Fsp3) is 0.200. The average Bonchev–Trinajstić information content (AvgIpc) is 3.30. The normalized spacial score (nSPS) is 19.4. The topological polar surface area (TPSA) is 59.1 Å². The Morgan fingerprint density at radius 1 is 1.00 bits per heavy atom. The maximum absolute atomic E-state index is 14.1. The van der Waals surface area contributed by atoms with Gasteiger partial charge in [0.15, 0.2) is 0 Å². The van der Waals surface area contributed by atoms with E-state index in [0.29, 0.717) is 23.0 Å². The minimum atomic E-state index is -1.19.